The van der Waals surface area contributed by atoms with Crippen LogP contribution in [0.2, 0.25) is 0 Å². The van der Waals surface area contributed by atoms with Crippen molar-refractivity contribution in [2.45, 2.75) is 123 Å². The van der Waals surface area contributed by atoms with Gasteiger partial charge in [-0.3, -0.25) is 13.6 Å². The fourth-order valence-corrected chi connectivity index (χ4v) is 10.3. The summed E-state index contributed by atoms with van der Waals surface area (Å²) in [4.78, 5) is 13.3. The Morgan fingerprint density at radius 1 is 0.549 bits per heavy atom. The lowest BCUT2D eigenvalue weighted by Gasteiger charge is -2.49. The van der Waals surface area contributed by atoms with Gasteiger partial charge in [0.25, 0.3) is 0 Å². The summed E-state index contributed by atoms with van der Waals surface area (Å²) >= 11 is 0. The molecular weight excluding hydrogens is 930 g/mol. The van der Waals surface area contributed by atoms with Gasteiger partial charge in [-0.05, 0) is 71.4 Å². The molecule has 7 rings (SSSR count). The number of carbonyl (C=O) groups is 1. The highest BCUT2D eigenvalue weighted by Gasteiger charge is 2.50. The van der Waals surface area contributed by atoms with Crippen LogP contribution in [0.15, 0.2) is 121 Å². The Kier molecular flexibility index (Phi) is 20.8. The molecule has 4 aromatic rings. The van der Waals surface area contributed by atoms with Crippen LogP contribution in [-0.2, 0) is 75.9 Å². The minimum atomic E-state index is -4.15. The van der Waals surface area contributed by atoms with Gasteiger partial charge in [0.05, 0.1) is 70.1 Å². The highest BCUT2D eigenvalue weighted by molar-refractivity contribution is 7.48. The van der Waals surface area contributed by atoms with Gasteiger partial charge in [-0.2, -0.15) is 0 Å². The lowest BCUT2D eigenvalue weighted by atomic mass is 9.82. The number of hydrogen-bond acceptors (Lipinski definition) is 15. The van der Waals surface area contributed by atoms with Crippen LogP contribution in [0, 0.1) is 35.5 Å². The number of phosphoric acid groups is 1. The Balaban J connectivity index is 1.07. The number of carbonyl (C=O) groups excluding carboxylic acids is 1. The summed E-state index contributed by atoms with van der Waals surface area (Å²) < 4.78 is 84.4. The molecule has 0 bridgehead atoms. The summed E-state index contributed by atoms with van der Waals surface area (Å²) in [7, 11) is -4.15. The number of ether oxygens (including phenoxy) is 8. The van der Waals surface area contributed by atoms with Gasteiger partial charge >= 0.3 is 13.8 Å². The quantitative estimate of drug-likeness (QED) is 0.0385. The lowest BCUT2D eigenvalue weighted by molar-refractivity contribution is -0.354. The fraction of sp³-hybridized carbons (Fsp3) is 0.545. The largest absolute Gasteiger partial charge is 0.475 e. The van der Waals surface area contributed by atoms with Crippen molar-refractivity contribution in [1.29, 1.82) is 0 Å². The molecule has 4 aromatic carbocycles. The van der Waals surface area contributed by atoms with Crippen LogP contribution >= 0.6 is 7.82 Å². The third-order valence-electron chi connectivity index (χ3n) is 14.4. The highest BCUT2D eigenvalue weighted by Crippen LogP contribution is 2.52. The first-order chi connectivity index (χ1) is 34.3. The Hall–Kier alpha value is -3.90. The normalized spacial score (nSPS) is 31.2. The second-order valence-electron chi connectivity index (χ2n) is 19.2. The van der Waals surface area contributed by atoms with Crippen LogP contribution in [0.4, 0.5) is 0 Å². The van der Waals surface area contributed by atoms with Gasteiger partial charge in [-0.1, -0.05) is 151 Å². The number of benzene rings is 4. The van der Waals surface area contributed by atoms with Gasteiger partial charge in [0.2, 0.25) is 0 Å². The van der Waals surface area contributed by atoms with Crippen LogP contribution in [0.3, 0.4) is 0 Å². The van der Waals surface area contributed by atoms with E-state index in [1.165, 1.54) is 0 Å². The second kappa shape index (κ2) is 26.9. The number of aliphatic hydroxyl groups is 1. The third kappa shape index (κ3) is 15.1. The number of esters is 1. The maximum absolute atomic E-state index is 14.3. The topological polar surface area (TPSA) is 182 Å². The Morgan fingerprint density at radius 3 is 1.58 bits per heavy atom. The van der Waals surface area contributed by atoms with E-state index in [9.17, 15) is 14.5 Å². The van der Waals surface area contributed by atoms with Crippen molar-refractivity contribution < 1.29 is 65.9 Å². The van der Waals surface area contributed by atoms with E-state index in [0.29, 0.717) is 38.3 Å². The molecule has 388 valence electrons. The molecule has 0 amide bonds. The van der Waals surface area contributed by atoms with E-state index in [4.69, 9.17) is 57.2 Å². The molecule has 6 unspecified atom stereocenters. The van der Waals surface area contributed by atoms with Gasteiger partial charge in [0.15, 0.2) is 25.0 Å². The molecule has 0 saturated carbocycles. The summed E-state index contributed by atoms with van der Waals surface area (Å²) in [5.74, 6) is -1.65. The smallest absolute Gasteiger partial charge is 0.453 e. The molecule has 3 aliphatic heterocycles. The lowest BCUT2D eigenvalue weighted by Crippen LogP contribution is -2.59. The minimum absolute atomic E-state index is 0.000114. The van der Waals surface area contributed by atoms with Gasteiger partial charge in [0.1, 0.15) is 12.2 Å². The van der Waals surface area contributed by atoms with Crippen LogP contribution in [0.1, 0.15) is 75.0 Å². The van der Waals surface area contributed by atoms with E-state index >= 15 is 0 Å². The Labute approximate surface area is 419 Å². The fourth-order valence-electron chi connectivity index (χ4n) is 9.09. The van der Waals surface area contributed by atoms with Crippen LogP contribution in [-0.4, -0.2) is 99.5 Å². The van der Waals surface area contributed by atoms with E-state index in [0.717, 1.165) is 16.7 Å². The zero-order chi connectivity index (χ0) is 50.3. The van der Waals surface area contributed by atoms with Crippen molar-refractivity contribution in [3.63, 3.8) is 0 Å². The molecule has 3 fully saturated rings. The zero-order valence-corrected chi connectivity index (χ0v) is 42.7. The van der Waals surface area contributed by atoms with Gasteiger partial charge in [0, 0.05) is 5.92 Å². The third-order valence-corrected chi connectivity index (χ3v) is 15.8. The molecule has 0 aliphatic carbocycles. The van der Waals surface area contributed by atoms with Crippen molar-refractivity contribution >= 4 is 13.8 Å². The Bertz CT molecular complexity index is 2170. The molecular formula is C55H74NO14P. The highest BCUT2D eigenvalue weighted by atomic mass is 31.2. The average Bonchev–Trinajstić information content (AvgIpc) is 3.39. The maximum Gasteiger partial charge on any atom is 0.475 e. The van der Waals surface area contributed by atoms with Gasteiger partial charge in [-0.15, -0.1) is 0 Å². The maximum atomic E-state index is 14.3. The SMILES string of the molecule is C[C@@H]1C(COP(=O)(OCc2ccccc2)OCc2ccccc2)O[C@H](OC2[C@@H](OCC3O[C@H](OCCCN)C(OC(=O)c4ccccc4)[C@@H](C)[C@@H]3C)OC(COCc3ccccc3)[C@@H](C)[C@@H]2C)C(O)[C@H]1C. The first-order valence-corrected chi connectivity index (χ1v) is 26.5. The Morgan fingerprint density at radius 2 is 1.01 bits per heavy atom. The van der Waals surface area contributed by atoms with Crippen LogP contribution in [0.5, 0.6) is 0 Å². The standard InChI is InChI=1S/C55H74NO14P/c1-36-39(4)49(57)53(66-48(36)35-65-71(59,63-31-43-22-13-8-14-23-43)64-32-44-24-15-9-16-25-44)70-51-41(6)37(2)46(33-60-30-42-20-11-7-12-21-42)67-55(51)62-34-47-38(3)40(5)50(54(68-47)61-29-19-28-56)69-52(58)45-26-17-10-18-27-45/h7-18,20-27,36-41,46-51,53-55,57H,19,28-35,56H2,1-6H3/t36-,37-,38-,39-,40-,41-,46?,47?,48?,49?,50?,51?,53+,54-,55-/m0/s1. The first kappa shape index (κ1) is 54.9. The van der Waals surface area contributed by atoms with Crippen molar-refractivity contribution in [2.75, 3.05) is 33.0 Å². The van der Waals surface area contributed by atoms with Crippen LogP contribution in [0.25, 0.3) is 0 Å². The minimum Gasteiger partial charge on any atom is -0.453 e. The predicted molar refractivity (Wildman–Crippen MR) is 265 cm³/mol. The number of nitrogens with two attached hydrogens (primary N) is 1. The predicted octanol–water partition coefficient (Wildman–Crippen LogP) is 9.11. The van der Waals surface area contributed by atoms with E-state index in [1.807, 2.05) is 125 Å². The molecule has 0 spiro atoms. The number of rotatable bonds is 24. The van der Waals surface area contributed by atoms with Crippen LogP contribution < -0.4 is 5.73 Å². The van der Waals surface area contributed by atoms with E-state index in [2.05, 4.69) is 13.8 Å². The zero-order valence-electron chi connectivity index (χ0n) is 41.9. The van der Waals surface area contributed by atoms with E-state index < -0.39 is 63.2 Å². The summed E-state index contributed by atoms with van der Waals surface area (Å²) in [6.07, 6.45) is -6.45. The second-order valence-corrected chi connectivity index (χ2v) is 20.9. The molecule has 3 saturated heterocycles. The molecule has 15 nitrogen and oxygen atoms in total. The number of phosphoric ester groups is 1. The summed E-state index contributed by atoms with van der Waals surface area (Å²) in [5.41, 5.74) is 8.90. The van der Waals surface area contributed by atoms with Crippen molar-refractivity contribution in [3.8, 4) is 0 Å². The number of hydrogen-bond donors (Lipinski definition) is 2. The molecule has 3 heterocycles. The summed E-state index contributed by atoms with van der Waals surface area (Å²) in [6, 6.07) is 37.5. The van der Waals surface area contributed by atoms with Crippen molar-refractivity contribution in [1.82, 2.24) is 0 Å². The molecule has 15 atom stereocenters. The summed E-state index contributed by atoms with van der Waals surface area (Å²) in [6.45, 7) is 13.4. The molecule has 0 radical (unpaired) electrons. The molecule has 16 heteroatoms. The number of aliphatic hydroxyl groups excluding tert-OH is 1. The monoisotopic (exact) mass is 1000 g/mol. The van der Waals surface area contributed by atoms with Gasteiger partial charge < -0.3 is 48.7 Å². The van der Waals surface area contributed by atoms with Gasteiger partial charge in [-0.25, -0.2) is 9.36 Å². The van der Waals surface area contributed by atoms with E-state index in [1.54, 1.807) is 24.3 Å². The van der Waals surface area contributed by atoms with Crippen molar-refractivity contribution in [2.24, 2.45) is 41.2 Å². The van der Waals surface area contributed by atoms with Crippen molar-refractivity contribution in [3.05, 3.63) is 144 Å². The molecule has 3 N–H and O–H groups in total. The van der Waals surface area contributed by atoms with E-state index in [-0.39, 0.29) is 68.0 Å². The summed E-state index contributed by atoms with van der Waals surface area (Å²) in [5, 5.41) is 11.8. The molecule has 0 aromatic heterocycles. The molecule has 71 heavy (non-hydrogen) atoms. The first-order valence-electron chi connectivity index (χ1n) is 25.1. The average molecular weight is 1000 g/mol. The molecule has 3 aliphatic rings.